The van der Waals surface area contributed by atoms with Crippen LogP contribution >= 0.6 is 0 Å². The van der Waals surface area contributed by atoms with E-state index in [0.29, 0.717) is 23.8 Å². The molecule has 2 aromatic heterocycles. The molecule has 1 aromatic carbocycles. The Morgan fingerprint density at radius 1 is 1.35 bits per heavy atom. The molecule has 0 saturated carbocycles. The van der Waals surface area contributed by atoms with Crippen LogP contribution in [0.1, 0.15) is 31.0 Å². The molecule has 8 heteroatoms. The molecule has 23 heavy (non-hydrogen) atoms. The van der Waals surface area contributed by atoms with Gasteiger partial charge in [0.15, 0.2) is 6.04 Å². The molecule has 0 aliphatic carbocycles. The monoisotopic (exact) mass is 313 g/mol. The van der Waals surface area contributed by atoms with E-state index in [4.69, 9.17) is 4.52 Å². The maximum absolute atomic E-state index is 10.9. The van der Waals surface area contributed by atoms with Crippen molar-refractivity contribution in [1.29, 1.82) is 0 Å². The van der Waals surface area contributed by atoms with Gasteiger partial charge in [-0.2, -0.15) is 9.67 Å². The standard InChI is InChI=1S/C15H15N5O3/c1-3-12(19-10(2)9-13(17-19)20(21)22)15-16-14(18-23-15)11-7-5-4-6-8-11/h4-9,12H,3H2,1-2H3. The normalized spacial score (nSPS) is 12.3. The number of benzene rings is 1. The Morgan fingerprint density at radius 2 is 2.09 bits per heavy atom. The van der Waals surface area contributed by atoms with Gasteiger partial charge in [0.05, 0.1) is 16.9 Å². The Labute approximate surface area is 131 Å². The van der Waals surface area contributed by atoms with Crippen LogP contribution in [0, 0.1) is 17.0 Å². The number of rotatable bonds is 5. The second kappa shape index (κ2) is 5.99. The number of aromatic nitrogens is 4. The van der Waals surface area contributed by atoms with Gasteiger partial charge in [-0.15, -0.1) is 0 Å². The van der Waals surface area contributed by atoms with Gasteiger partial charge in [0, 0.05) is 5.56 Å². The summed E-state index contributed by atoms with van der Waals surface area (Å²) in [5, 5.41) is 18.9. The van der Waals surface area contributed by atoms with E-state index in [2.05, 4.69) is 15.2 Å². The lowest BCUT2D eigenvalue weighted by Gasteiger charge is -2.08. The third kappa shape index (κ3) is 2.83. The van der Waals surface area contributed by atoms with Crippen LogP contribution in [-0.4, -0.2) is 24.8 Å². The van der Waals surface area contributed by atoms with Crippen LogP contribution in [0.2, 0.25) is 0 Å². The second-order valence-electron chi connectivity index (χ2n) is 5.09. The van der Waals surface area contributed by atoms with E-state index in [-0.39, 0.29) is 11.9 Å². The van der Waals surface area contributed by atoms with E-state index in [0.717, 1.165) is 5.56 Å². The summed E-state index contributed by atoms with van der Waals surface area (Å²) in [6, 6.07) is 10.6. The van der Waals surface area contributed by atoms with Crippen LogP contribution in [0.3, 0.4) is 0 Å². The number of nitro groups is 1. The molecule has 1 atom stereocenters. The molecule has 0 fully saturated rings. The van der Waals surface area contributed by atoms with Crippen LogP contribution in [0.15, 0.2) is 40.9 Å². The van der Waals surface area contributed by atoms with Gasteiger partial charge in [-0.1, -0.05) is 42.4 Å². The first kappa shape index (κ1) is 14.9. The third-order valence-corrected chi connectivity index (χ3v) is 3.54. The molecule has 0 saturated heterocycles. The van der Waals surface area contributed by atoms with E-state index in [1.54, 1.807) is 11.6 Å². The summed E-state index contributed by atoms with van der Waals surface area (Å²) in [4.78, 5) is 14.8. The summed E-state index contributed by atoms with van der Waals surface area (Å²) in [6.45, 7) is 3.70. The summed E-state index contributed by atoms with van der Waals surface area (Å²) in [5.74, 6) is 0.676. The van der Waals surface area contributed by atoms with Crippen molar-refractivity contribution < 1.29 is 9.45 Å². The number of hydrogen-bond donors (Lipinski definition) is 0. The second-order valence-corrected chi connectivity index (χ2v) is 5.09. The van der Waals surface area contributed by atoms with Crippen LogP contribution < -0.4 is 0 Å². The van der Waals surface area contributed by atoms with E-state index in [1.807, 2.05) is 37.3 Å². The van der Waals surface area contributed by atoms with E-state index >= 15 is 0 Å². The van der Waals surface area contributed by atoms with Gasteiger partial charge in [0.25, 0.3) is 5.89 Å². The molecule has 0 aliphatic rings. The third-order valence-electron chi connectivity index (χ3n) is 3.54. The molecule has 3 aromatic rings. The lowest BCUT2D eigenvalue weighted by atomic mass is 10.2. The largest absolute Gasteiger partial charge is 0.390 e. The van der Waals surface area contributed by atoms with Crippen molar-refractivity contribution in [3.63, 3.8) is 0 Å². The van der Waals surface area contributed by atoms with Crippen molar-refractivity contribution >= 4 is 5.82 Å². The fourth-order valence-corrected chi connectivity index (χ4v) is 2.40. The minimum absolute atomic E-state index is 0.191. The Bertz CT molecular complexity index is 825. The zero-order valence-electron chi connectivity index (χ0n) is 12.7. The van der Waals surface area contributed by atoms with Gasteiger partial charge in [-0.3, -0.25) is 0 Å². The molecule has 8 nitrogen and oxygen atoms in total. The van der Waals surface area contributed by atoms with Crippen molar-refractivity contribution in [2.24, 2.45) is 0 Å². The maximum atomic E-state index is 10.9. The summed E-state index contributed by atoms with van der Waals surface area (Å²) in [5.41, 5.74) is 1.52. The molecule has 0 N–H and O–H groups in total. The Balaban J connectivity index is 1.96. The van der Waals surface area contributed by atoms with Crippen LogP contribution in [0.25, 0.3) is 11.4 Å². The summed E-state index contributed by atoms with van der Waals surface area (Å²) >= 11 is 0. The van der Waals surface area contributed by atoms with Gasteiger partial charge in [0.1, 0.15) is 0 Å². The number of hydrogen-bond acceptors (Lipinski definition) is 6. The van der Waals surface area contributed by atoms with E-state index in [9.17, 15) is 10.1 Å². The zero-order valence-corrected chi connectivity index (χ0v) is 12.7. The fourth-order valence-electron chi connectivity index (χ4n) is 2.40. The molecule has 0 amide bonds. The molecule has 0 spiro atoms. The molecule has 0 bridgehead atoms. The summed E-state index contributed by atoms with van der Waals surface area (Å²) < 4.78 is 6.92. The van der Waals surface area contributed by atoms with Gasteiger partial charge in [-0.05, 0) is 18.3 Å². The molecule has 3 rings (SSSR count). The highest BCUT2D eigenvalue weighted by Gasteiger charge is 2.27. The first-order valence-corrected chi connectivity index (χ1v) is 7.19. The number of nitrogens with zero attached hydrogens (tertiary/aromatic N) is 5. The van der Waals surface area contributed by atoms with E-state index in [1.165, 1.54) is 6.07 Å². The predicted octanol–water partition coefficient (Wildman–Crippen LogP) is 3.15. The molecule has 0 aliphatic heterocycles. The summed E-state index contributed by atoms with van der Waals surface area (Å²) in [6.07, 6.45) is 0.621. The minimum atomic E-state index is -0.514. The van der Waals surface area contributed by atoms with Crippen LogP contribution in [-0.2, 0) is 0 Å². The highest BCUT2D eigenvalue weighted by molar-refractivity contribution is 5.53. The summed E-state index contributed by atoms with van der Waals surface area (Å²) in [7, 11) is 0. The molecule has 0 radical (unpaired) electrons. The molecule has 2 heterocycles. The Morgan fingerprint density at radius 3 is 2.70 bits per heavy atom. The van der Waals surface area contributed by atoms with Gasteiger partial charge >= 0.3 is 5.82 Å². The van der Waals surface area contributed by atoms with Gasteiger partial charge in [0.2, 0.25) is 5.82 Å². The molecular formula is C15H15N5O3. The van der Waals surface area contributed by atoms with E-state index < -0.39 is 4.92 Å². The highest BCUT2D eigenvalue weighted by atomic mass is 16.6. The van der Waals surface area contributed by atoms with Crippen LogP contribution in [0.5, 0.6) is 0 Å². The van der Waals surface area contributed by atoms with Gasteiger partial charge in [-0.25, -0.2) is 0 Å². The van der Waals surface area contributed by atoms with Crippen molar-refractivity contribution in [1.82, 2.24) is 19.9 Å². The SMILES string of the molecule is CCC(c1nc(-c2ccccc2)no1)n1nc([N+](=O)[O-])cc1C. The van der Waals surface area contributed by atoms with Crippen LogP contribution in [0.4, 0.5) is 5.82 Å². The maximum Gasteiger partial charge on any atom is 0.390 e. The van der Waals surface area contributed by atoms with Crippen molar-refractivity contribution in [3.05, 3.63) is 58.1 Å². The lowest BCUT2D eigenvalue weighted by molar-refractivity contribution is -0.389. The topological polar surface area (TPSA) is 99.9 Å². The quantitative estimate of drug-likeness (QED) is 0.530. The number of aryl methyl sites for hydroxylation is 1. The molecule has 1 unspecified atom stereocenters. The first-order chi connectivity index (χ1) is 11.1. The van der Waals surface area contributed by atoms with Gasteiger partial charge < -0.3 is 14.6 Å². The molecular weight excluding hydrogens is 298 g/mol. The minimum Gasteiger partial charge on any atom is -0.358 e. The van der Waals surface area contributed by atoms with Crippen molar-refractivity contribution in [3.8, 4) is 11.4 Å². The van der Waals surface area contributed by atoms with Crippen molar-refractivity contribution in [2.45, 2.75) is 26.3 Å². The zero-order chi connectivity index (χ0) is 16.4. The lowest BCUT2D eigenvalue weighted by Crippen LogP contribution is -2.13. The highest BCUT2D eigenvalue weighted by Crippen LogP contribution is 2.26. The first-order valence-electron chi connectivity index (χ1n) is 7.19. The van der Waals surface area contributed by atoms with Crippen molar-refractivity contribution in [2.75, 3.05) is 0 Å². The Hall–Kier alpha value is -3.03. The molecule has 118 valence electrons. The Kier molecular flexibility index (Phi) is 3.88. The average molecular weight is 313 g/mol. The smallest absolute Gasteiger partial charge is 0.358 e. The average Bonchev–Trinajstić information content (AvgIpc) is 3.17. The predicted molar refractivity (Wildman–Crippen MR) is 81.8 cm³/mol. The fraction of sp³-hybridized carbons (Fsp3) is 0.267.